The van der Waals surface area contributed by atoms with Gasteiger partial charge in [-0.05, 0) is 41.1 Å². The molecule has 0 aliphatic carbocycles. The molecule has 0 fully saturated rings. The van der Waals surface area contributed by atoms with Gasteiger partial charge >= 0.3 is 0 Å². The van der Waals surface area contributed by atoms with Gasteiger partial charge in [-0.25, -0.2) is 4.68 Å². The summed E-state index contributed by atoms with van der Waals surface area (Å²) in [6.45, 7) is -0.188. The van der Waals surface area contributed by atoms with Crippen LogP contribution in [0.2, 0.25) is 5.02 Å². The Labute approximate surface area is 166 Å². The van der Waals surface area contributed by atoms with E-state index in [1.165, 1.54) is 6.07 Å². The lowest BCUT2D eigenvalue weighted by Crippen LogP contribution is -2.29. The van der Waals surface area contributed by atoms with Crippen molar-refractivity contribution in [1.82, 2.24) is 9.78 Å². The minimum absolute atomic E-state index is 0.188. The number of halogens is 1. The van der Waals surface area contributed by atoms with Gasteiger partial charge in [-0.1, -0.05) is 54.1 Å². The molecule has 1 amide bonds. The van der Waals surface area contributed by atoms with Gasteiger partial charge in [0.05, 0.1) is 5.69 Å². The molecule has 1 heterocycles. The number of amides is 1. The molecule has 0 bridgehead atoms. The van der Waals surface area contributed by atoms with Gasteiger partial charge < -0.3 is 5.32 Å². The van der Waals surface area contributed by atoms with Crippen molar-refractivity contribution in [3.05, 3.63) is 94.2 Å². The summed E-state index contributed by atoms with van der Waals surface area (Å²) in [5.74, 6) is -0.354. The summed E-state index contributed by atoms with van der Waals surface area (Å²) < 4.78 is 1.16. The molecule has 1 N–H and O–H groups in total. The van der Waals surface area contributed by atoms with E-state index in [1.807, 2.05) is 42.5 Å². The zero-order chi connectivity index (χ0) is 19.5. The molecule has 0 spiro atoms. The number of rotatable bonds is 4. The van der Waals surface area contributed by atoms with Crippen molar-refractivity contribution in [3.8, 4) is 11.3 Å². The lowest BCUT2D eigenvalue weighted by atomic mass is 10.1. The Bertz CT molecular complexity index is 1230. The molecular weight excluding hydrogens is 374 g/mol. The van der Waals surface area contributed by atoms with Crippen LogP contribution in [0, 0.1) is 0 Å². The normalized spacial score (nSPS) is 10.8. The lowest BCUT2D eigenvalue weighted by molar-refractivity contribution is -0.117. The average Bonchev–Trinajstić information content (AvgIpc) is 2.69. The highest BCUT2D eigenvalue weighted by Crippen LogP contribution is 2.22. The molecule has 0 atom stereocenters. The van der Waals surface area contributed by atoms with E-state index in [1.54, 1.807) is 30.3 Å². The number of nitrogens with one attached hydrogen (secondary N) is 1. The van der Waals surface area contributed by atoms with Crippen LogP contribution in [0.4, 0.5) is 5.69 Å². The summed E-state index contributed by atoms with van der Waals surface area (Å²) in [7, 11) is 0. The SMILES string of the molecule is O=C(Cn1nc(-c2ccc3ccccc3c2)ccc1=O)Nc1cccc(Cl)c1. The molecule has 4 rings (SSSR count). The van der Waals surface area contributed by atoms with Gasteiger partial charge in [0.15, 0.2) is 0 Å². The lowest BCUT2D eigenvalue weighted by Gasteiger charge is -2.09. The van der Waals surface area contributed by atoms with E-state index in [2.05, 4.69) is 10.4 Å². The van der Waals surface area contributed by atoms with Crippen molar-refractivity contribution in [2.24, 2.45) is 0 Å². The van der Waals surface area contributed by atoms with E-state index in [-0.39, 0.29) is 18.0 Å². The van der Waals surface area contributed by atoms with Gasteiger partial charge in [-0.15, -0.1) is 0 Å². The van der Waals surface area contributed by atoms with Crippen LogP contribution < -0.4 is 10.9 Å². The van der Waals surface area contributed by atoms with Crippen LogP contribution in [-0.2, 0) is 11.3 Å². The highest BCUT2D eigenvalue weighted by atomic mass is 35.5. The van der Waals surface area contributed by atoms with E-state index in [9.17, 15) is 9.59 Å². The summed E-state index contributed by atoms with van der Waals surface area (Å²) in [6, 6.07) is 23.9. The quantitative estimate of drug-likeness (QED) is 0.564. The van der Waals surface area contributed by atoms with E-state index in [4.69, 9.17) is 11.6 Å². The highest BCUT2D eigenvalue weighted by Gasteiger charge is 2.09. The smallest absolute Gasteiger partial charge is 0.267 e. The molecule has 0 saturated carbocycles. The summed E-state index contributed by atoms with van der Waals surface area (Å²) in [5.41, 5.74) is 1.73. The molecule has 0 aliphatic rings. The van der Waals surface area contributed by atoms with Crippen LogP contribution in [0.5, 0.6) is 0 Å². The highest BCUT2D eigenvalue weighted by molar-refractivity contribution is 6.30. The molecule has 4 aromatic rings. The average molecular weight is 390 g/mol. The topological polar surface area (TPSA) is 64.0 Å². The molecule has 3 aromatic carbocycles. The zero-order valence-electron chi connectivity index (χ0n) is 14.8. The fourth-order valence-electron chi connectivity index (χ4n) is 2.97. The Morgan fingerprint density at radius 3 is 2.57 bits per heavy atom. The van der Waals surface area contributed by atoms with Gasteiger partial charge in [-0.3, -0.25) is 9.59 Å². The van der Waals surface area contributed by atoms with Crippen LogP contribution in [0.3, 0.4) is 0 Å². The first kappa shape index (κ1) is 17.9. The fraction of sp³-hybridized carbons (Fsp3) is 0.0455. The minimum atomic E-state index is -0.354. The Morgan fingerprint density at radius 2 is 1.75 bits per heavy atom. The van der Waals surface area contributed by atoms with Crippen LogP contribution in [0.1, 0.15) is 0 Å². The number of nitrogens with zero attached hydrogens (tertiary/aromatic N) is 2. The fourth-order valence-corrected chi connectivity index (χ4v) is 3.16. The second kappa shape index (κ2) is 7.66. The number of aromatic nitrogens is 2. The van der Waals surface area contributed by atoms with Gasteiger partial charge in [0.1, 0.15) is 6.54 Å². The Kier molecular flexibility index (Phi) is 4.91. The van der Waals surface area contributed by atoms with Gasteiger partial charge in [0, 0.05) is 22.3 Å². The largest absolute Gasteiger partial charge is 0.324 e. The second-order valence-corrected chi connectivity index (χ2v) is 6.77. The van der Waals surface area contributed by atoms with Crippen LogP contribution in [0.25, 0.3) is 22.0 Å². The molecule has 28 heavy (non-hydrogen) atoms. The molecule has 0 unspecified atom stereocenters. The standard InChI is InChI=1S/C22H16ClN3O2/c23-18-6-3-7-19(13-18)24-21(27)14-26-22(28)11-10-20(25-26)17-9-8-15-4-1-2-5-16(15)12-17/h1-13H,14H2,(H,24,27). The second-order valence-electron chi connectivity index (χ2n) is 6.33. The van der Waals surface area contributed by atoms with E-state index in [0.717, 1.165) is 21.0 Å². The number of hydrogen-bond acceptors (Lipinski definition) is 3. The van der Waals surface area contributed by atoms with Crippen molar-refractivity contribution < 1.29 is 4.79 Å². The summed E-state index contributed by atoms with van der Waals surface area (Å²) >= 11 is 5.92. The number of fused-ring (bicyclic) bond motifs is 1. The number of benzene rings is 3. The maximum Gasteiger partial charge on any atom is 0.267 e. The Balaban J connectivity index is 1.59. The molecule has 5 nitrogen and oxygen atoms in total. The molecule has 138 valence electrons. The van der Waals surface area contributed by atoms with E-state index in [0.29, 0.717) is 16.4 Å². The van der Waals surface area contributed by atoms with Gasteiger partial charge in [-0.2, -0.15) is 5.10 Å². The van der Waals surface area contributed by atoms with E-state index < -0.39 is 0 Å². The first-order valence-electron chi connectivity index (χ1n) is 8.71. The summed E-state index contributed by atoms with van der Waals surface area (Å²) in [4.78, 5) is 24.5. The number of anilines is 1. The van der Waals surface area contributed by atoms with Crippen LogP contribution >= 0.6 is 11.6 Å². The predicted molar refractivity (Wildman–Crippen MR) is 112 cm³/mol. The van der Waals surface area contributed by atoms with Gasteiger partial charge in [0.25, 0.3) is 5.56 Å². The van der Waals surface area contributed by atoms with Crippen LogP contribution in [-0.4, -0.2) is 15.7 Å². The predicted octanol–water partition coefficient (Wildman–Crippen LogP) is 4.36. The van der Waals surface area contributed by atoms with Crippen molar-refractivity contribution >= 4 is 34.0 Å². The molecule has 0 saturated heterocycles. The molecular formula is C22H16ClN3O2. The maximum atomic E-state index is 12.3. The first-order chi connectivity index (χ1) is 13.6. The summed E-state index contributed by atoms with van der Waals surface area (Å²) in [6.07, 6.45) is 0. The number of carbonyl (C=O) groups is 1. The third kappa shape index (κ3) is 3.94. The first-order valence-corrected chi connectivity index (χ1v) is 9.09. The van der Waals surface area contributed by atoms with Crippen molar-refractivity contribution in [1.29, 1.82) is 0 Å². The third-order valence-corrected chi connectivity index (χ3v) is 4.55. The molecule has 0 aliphatic heterocycles. The Morgan fingerprint density at radius 1 is 0.929 bits per heavy atom. The molecule has 1 aromatic heterocycles. The van der Waals surface area contributed by atoms with Crippen molar-refractivity contribution in [2.45, 2.75) is 6.54 Å². The zero-order valence-corrected chi connectivity index (χ0v) is 15.6. The molecule has 0 radical (unpaired) electrons. The maximum absolute atomic E-state index is 12.3. The minimum Gasteiger partial charge on any atom is -0.324 e. The monoisotopic (exact) mass is 389 g/mol. The Hall–Kier alpha value is -3.44. The summed E-state index contributed by atoms with van der Waals surface area (Å²) in [5, 5.41) is 9.81. The third-order valence-electron chi connectivity index (χ3n) is 4.31. The van der Waals surface area contributed by atoms with Crippen molar-refractivity contribution in [2.75, 3.05) is 5.32 Å². The van der Waals surface area contributed by atoms with Crippen molar-refractivity contribution in [3.63, 3.8) is 0 Å². The molecule has 6 heteroatoms. The van der Waals surface area contributed by atoms with Crippen LogP contribution in [0.15, 0.2) is 83.7 Å². The number of carbonyl (C=O) groups excluding carboxylic acids is 1. The number of hydrogen-bond donors (Lipinski definition) is 1. The van der Waals surface area contributed by atoms with Gasteiger partial charge in [0.2, 0.25) is 5.91 Å². The van der Waals surface area contributed by atoms with E-state index >= 15 is 0 Å².